The number of nitriles is 1. The molecule has 2 saturated carbocycles. The molecule has 2 aliphatic rings. The Morgan fingerprint density at radius 1 is 1.21 bits per heavy atom. The number of anilines is 2. The highest BCUT2D eigenvalue weighted by molar-refractivity contribution is 5.97. The number of hydrogen-bond donors (Lipinski definition) is 2. The molecule has 5 rings (SSSR count). The first-order valence-corrected chi connectivity index (χ1v) is 11.6. The van der Waals surface area contributed by atoms with E-state index in [-0.39, 0.29) is 23.4 Å². The van der Waals surface area contributed by atoms with Gasteiger partial charge in [-0.25, -0.2) is 0 Å². The number of nitrogens with zero attached hydrogens (tertiary/aromatic N) is 4. The zero-order valence-corrected chi connectivity index (χ0v) is 19.0. The van der Waals surface area contributed by atoms with Crippen molar-refractivity contribution < 1.29 is 4.79 Å². The van der Waals surface area contributed by atoms with Crippen molar-refractivity contribution in [2.45, 2.75) is 50.5 Å². The normalized spacial score (nSPS) is 20.4. The number of fused-ring (bicyclic) bond motifs is 1. The van der Waals surface area contributed by atoms with Crippen molar-refractivity contribution in [1.82, 2.24) is 19.7 Å². The van der Waals surface area contributed by atoms with E-state index in [4.69, 9.17) is 5.10 Å². The SMILES string of the molecule is CN(C)C(=O)c1ccc(Nc2nn([C@H]3CCCC[C@@H]3C#N)c3cc[nH]c(=O)c23)cc1C1CC1. The van der Waals surface area contributed by atoms with Crippen LogP contribution >= 0.6 is 0 Å². The van der Waals surface area contributed by atoms with Gasteiger partial charge in [0.15, 0.2) is 5.82 Å². The molecule has 0 radical (unpaired) electrons. The maximum Gasteiger partial charge on any atom is 0.261 e. The number of aromatic nitrogens is 3. The number of benzene rings is 1. The summed E-state index contributed by atoms with van der Waals surface area (Å²) in [5.41, 5.74) is 3.07. The molecule has 2 aliphatic carbocycles. The summed E-state index contributed by atoms with van der Waals surface area (Å²) in [6, 6.07) is 9.97. The van der Waals surface area contributed by atoms with Crippen molar-refractivity contribution in [3.8, 4) is 6.07 Å². The van der Waals surface area contributed by atoms with Crippen LogP contribution in [-0.2, 0) is 0 Å². The highest BCUT2D eigenvalue weighted by atomic mass is 16.2. The Bertz CT molecular complexity index is 1310. The summed E-state index contributed by atoms with van der Waals surface area (Å²) in [6.45, 7) is 0. The van der Waals surface area contributed by atoms with E-state index in [0.29, 0.717) is 17.1 Å². The molecule has 2 fully saturated rings. The van der Waals surface area contributed by atoms with Crippen molar-refractivity contribution in [3.63, 3.8) is 0 Å². The lowest BCUT2D eigenvalue weighted by molar-refractivity contribution is 0.0826. The first kappa shape index (κ1) is 21.3. The molecule has 0 bridgehead atoms. The van der Waals surface area contributed by atoms with Gasteiger partial charge in [-0.2, -0.15) is 10.4 Å². The lowest BCUT2D eigenvalue weighted by Crippen LogP contribution is -2.23. The molecule has 0 aliphatic heterocycles. The van der Waals surface area contributed by atoms with Crippen LogP contribution in [0.2, 0.25) is 0 Å². The Morgan fingerprint density at radius 3 is 2.73 bits per heavy atom. The molecule has 8 nitrogen and oxygen atoms in total. The van der Waals surface area contributed by atoms with Gasteiger partial charge in [-0.15, -0.1) is 0 Å². The van der Waals surface area contributed by atoms with Crippen molar-refractivity contribution in [3.05, 3.63) is 51.9 Å². The summed E-state index contributed by atoms with van der Waals surface area (Å²) in [5, 5.41) is 18.3. The van der Waals surface area contributed by atoms with Gasteiger partial charge in [0.2, 0.25) is 0 Å². The molecule has 0 unspecified atom stereocenters. The molecule has 170 valence electrons. The zero-order chi connectivity index (χ0) is 23.1. The van der Waals surface area contributed by atoms with E-state index in [9.17, 15) is 14.9 Å². The molecule has 0 spiro atoms. The van der Waals surface area contributed by atoms with Gasteiger partial charge in [0.05, 0.1) is 23.5 Å². The predicted molar refractivity (Wildman–Crippen MR) is 127 cm³/mol. The fourth-order valence-electron chi connectivity index (χ4n) is 4.94. The van der Waals surface area contributed by atoms with Crippen LogP contribution in [0.15, 0.2) is 35.3 Å². The summed E-state index contributed by atoms with van der Waals surface area (Å²) < 4.78 is 1.87. The van der Waals surface area contributed by atoms with Gasteiger partial charge in [0, 0.05) is 31.5 Å². The number of H-pyrrole nitrogens is 1. The third-order valence-corrected chi connectivity index (χ3v) is 6.81. The topological polar surface area (TPSA) is 107 Å². The molecule has 2 aromatic heterocycles. The molecular weight excluding hydrogens is 416 g/mol. The van der Waals surface area contributed by atoms with Gasteiger partial charge < -0.3 is 15.2 Å². The summed E-state index contributed by atoms with van der Waals surface area (Å²) in [6.07, 6.45) is 7.58. The van der Waals surface area contributed by atoms with Crippen LogP contribution in [0.25, 0.3) is 10.9 Å². The molecule has 2 heterocycles. The van der Waals surface area contributed by atoms with Gasteiger partial charge >= 0.3 is 0 Å². The highest BCUT2D eigenvalue weighted by Crippen LogP contribution is 2.43. The lowest BCUT2D eigenvalue weighted by atomic mass is 9.85. The summed E-state index contributed by atoms with van der Waals surface area (Å²) in [5.74, 6) is 0.741. The summed E-state index contributed by atoms with van der Waals surface area (Å²) >= 11 is 0. The summed E-state index contributed by atoms with van der Waals surface area (Å²) in [4.78, 5) is 29.8. The second kappa shape index (κ2) is 8.39. The molecule has 33 heavy (non-hydrogen) atoms. The fourth-order valence-corrected chi connectivity index (χ4v) is 4.94. The number of amides is 1. The fraction of sp³-hybridized carbons (Fsp3) is 0.440. The van der Waals surface area contributed by atoms with E-state index in [1.807, 2.05) is 28.9 Å². The molecule has 2 N–H and O–H groups in total. The number of rotatable bonds is 5. The van der Waals surface area contributed by atoms with Crippen LogP contribution in [-0.4, -0.2) is 39.7 Å². The van der Waals surface area contributed by atoms with Crippen LogP contribution in [0.5, 0.6) is 0 Å². The maximum absolute atomic E-state index is 12.8. The van der Waals surface area contributed by atoms with Crippen LogP contribution in [0.4, 0.5) is 11.5 Å². The number of pyridine rings is 1. The van der Waals surface area contributed by atoms with E-state index in [2.05, 4.69) is 16.4 Å². The van der Waals surface area contributed by atoms with Crippen molar-refractivity contribution >= 4 is 28.3 Å². The monoisotopic (exact) mass is 444 g/mol. The smallest absolute Gasteiger partial charge is 0.261 e. The van der Waals surface area contributed by atoms with Crippen molar-refractivity contribution in [1.29, 1.82) is 5.26 Å². The molecule has 1 aromatic carbocycles. The molecule has 3 aromatic rings. The molecule has 8 heteroatoms. The minimum Gasteiger partial charge on any atom is -0.345 e. The zero-order valence-electron chi connectivity index (χ0n) is 19.0. The summed E-state index contributed by atoms with van der Waals surface area (Å²) in [7, 11) is 3.52. The number of hydrogen-bond acceptors (Lipinski definition) is 5. The first-order chi connectivity index (χ1) is 16.0. The van der Waals surface area contributed by atoms with Gasteiger partial charge in [-0.1, -0.05) is 12.8 Å². The molecule has 2 atom stereocenters. The van der Waals surface area contributed by atoms with E-state index in [1.165, 1.54) is 0 Å². The largest absolute Gasteiger partial charge is 0.345 e. The second-order valence-corrected chi connectivity index (χ2v) is 9.35. The standard InChI is InChI=1S/C25H28N6O2/c1-30(2)25(33)18-10-9-17(13-19(18)15-7-8-15)28-23-22-21(11-12-27-24(22)32)31(29-23)20-6-4-3-5-16(20)14-26/h9-13,15-16,20H,3-8H2,1-2H3,(H,27,32)(H,28,29)/t16-,20+/m1/s1. The van der Waals surface area contributed by atoms with Crippen LogP contribution in [0.1, 0.15) is 66.4 Å². The number of carbonyl (C=O) groups is 1. The average molecular weight is 445 g/mol. The van der Waals surface area contributed by atoms with Crippen LogP contribution < -0.4 is 10.9 Å². The Morgan fingerprint density at radius 2 is 2.00 bits per heavy atom. The van der Waals surface area contributed by atoms with E-state index in [0.717, 1.165) is 60.9 Å². The number of carbonyl (C=O) groups excluding carboxylic acids is 1. The predicted octanol–water partition coefficient (Wildman–Crippen LogP) is 4.30. The average Bonchev–Trinajstić information content (AvgIpc) is 3.61. The Kier molecular flexibility index (Phi) is 5.41. The molecule has 1 amide bonds. The van der Waals surface area contributed by atoms with Crippen LogP contribution in [0.3, 0.4) is 0 Å². The Labute approximate surface area is 192 Å². The number of nitrogens with one attached hydrogen (secondary N) is 2. The first-order valence-electron chi connectivity index (χ1n) is 11.6. The second-order valence-electron chi connectivity index (χ2n) is 9.35. The Balaban J connectivity index is 1.56. The van der Waals surface area contributed by atoms with E-state index in [1.54, 1.807) is 25.2 Å². The van der Waals surface area contributed by atoms with E-state index < -0.39 is 0 Å². The van der Waals surface area contributed by atoms with Gasteiger partial charge in [0.1, 0.15) is 5.39 Å². The quantitative estimate of drug-likeness (QED) is 0.610. The third-order valence-electron chi connectivity index (χ3n) is 6.81. The minimum absolute atomic E-state index is 0.00512. The van der Waals surface area contributed by atoms with Crippen molar-refractivity contribution in [2.75, 3.05) is 19.4 Å². The lowest BCUT2D eigenvalue weighted by Gasteiger charge is -2.27. The van der Waals surface area contributed by atoms with Gasteiger partial charge in [-0.05, 0) is 61.4 Å². The van der Waals surface area contributed by atoms with Crippen LogP contribution in [0, 0.1) is 17.2 Å². The Hall–Kier alpha value is -3.60. The molecule has 0 saturated heterocycles. The highest BCUT2D eigenvalue weighted by Gasteiger charge is 2.31. The maximum atomic E-state index is 12.8. The van der Waals surface area contributed by atoms with Crippen molar-refractivity contribution in [2.24, 2.45) is 5.92 Å². The number of aromatic amines is 1. The minimum atomic E-state index is -0.215. The van der Waals surface area contributed by atoms with Gasteiger partial charge in [-0.3, -0.25) is 14.3 Å². The third kappa shape index (κ3) is 3.88. The van der Waals surface area contributed by atoms with E-state index >= 15 is 0 Å². The molecular formula is C25H28N6O2. The van der Waals surface area contributed by atoms with Gasteiger partial charge in [0.25, 0.3) is 11.5 Å².